The summed E-state index contributed by atoms with van der Waals surface area (Å²) in [6.07, 6.45) is 3.65. The molecule has 0 saturated carbocycles. The van der Waals surface area contributed by atoms with E-state index in [0.29, 0.717) is 18.6 Å². The fraction of sp³-hybridized carbons (Fsp3) is 0.667. The Bertz CT molecular complexity index is 749. The normalized spacial score (nSPS) is 16.3. The molecule has 1 aliphatic rings. The van der Waals surface area contributed by atoms with Crippen LogP contribution in [0.1, 0.15) is 29.8 Å². The molecule has 1 aliphatic heterocycles. The van der Waals surface area contributed by atoms with Crippen LogP contribution in [-0.4, -0.2) is 81.6 Å². The lowest BCUT2D eigenvalue weighted by atomic mass is 10.1. The first-order valence-corrected chi connectivity index (χ1v) is 9.38. The average molecular weight is 359 g/mol. The number of nitrogens with one attached hydrogen (secondary N) is 1. The van der Waals surface area contributed by atoms with Crippen molar-refractivity contribution in [3.8, 4) is 0 Å². The highest BCUT2D eigenvalue weighted by atomic mass is 16.1. The van der Waals surface area contributed by atoms with Crippen LogP contribution >= 0.6 is 0 Å². The molecule has 1 N–H and O–H groups in total. The predicted molar refractivity (Wildman–Crippen MR) is 100 cm³/mol. The van der Waals surface area contributed by atoms with Gasteiger partial charge in [-0.05, 0) is 45.8 Å². The van der Waals surface area contributed by atoms with E-state index in [1.807, 2.05) is 13.8 Å². The van der Waals surface area contributed by atoms with Crippen molar-refractivity contribution in [1.29, 1.82) is 0 Å². The van der Waals surface area contributed by atoms with Crippen molar-refractivity contribution >= 4 is 11.7 Å². The van der Waals surface area contributed by atoms with Crippen LogP contribution < -0.4 is 5.32 Å². The molecule has 0 atom stereocenters. The van der Waals surface area contributed by atoms with Crippen molar-refractivity contribution in [3.63, 3.8) is 0 Å². The molecule has 0 bridgehead atoms. The van der Waals surface area contributed by atoms with Gasteiger partial charge in [0.05, 0.1) is 0 Å². The summed E-state index contributed by atoms with van der Waals surface area (Å²) >= 11 is 0. The summed E-state index contributed by atoms with van der Waals surface area (Å²) in [5.41, 5.74) is 3.01. The van der Waals surface area contributed by atoms with Gasteiger partial charge < -0.3 is 15.1 Å². The van der Waals surface area contributed by atoms with Gasteiger partial charge in [0.15, 0.2) is 0 Å². The van der Waals surface area contributed by atoms with Gasteiger partial charge in [0, 0.05) is 50.5 Å². The molecule has 1 saturated heterocycles. The average Bonchev–Trinajstić information content (AvgIpc) is 3.08. The van der Waals surface area contributed by atoms with Crippen LogP contribution in [0.25, 0.3) is 5.78 Å². The molecule has 0 aromatic carbocycles. The highest BCUT2D eigenvalue weighted by molar-refractivity contribution is 5.76. The van der Waals surface area contributed by atoms with Crippen LogP contribution in [0.15, 0.2) is 6.33 Å². The number of aryl methyl sites for hydroxylation is 2. The molecule has 8 heteroatoms. The smallest absolute Gasteiger partial charge is 0.252 e. The number of rotatable bonds is 7. The van der Waals surface area contributed by atoms with Crippen LogP contribution in [0.5, 0.6) is 0 Å². The molecule has 0 aliphatic carbocycles. The van der Waals surface area contributed by atoms with Gasteiger partial charge in [-0.3, -0.25) is 4.79 Å². The number of hydrogen-bond acceptors (Lipinski definition) is 6. The second-order valence-electron chi connectivity index (χ2n) is 7.08. The summed E-state index contributed by atoms with van der Waals surface area (Å²) in [5, 5.41) is 7.23. The van der Waals surface area contributed by atoms with Gasteiger partial charge >= 0.3 is 0 Å². The van der Waals surface area contributed by atoms with Gasteiger partial charge in [0.1, 0.15) is 6.33 Å². The number of likely N-dealkylation sites (N-methyl/N-ethyl adjacent to an activating group) is 1. The molecule has 0 spiro atoms. The minimum Gasteiger partial charge on any atom is -0.356 e. The Morgan fingerprint density at radius 2 is 2.00 bits per heavy atom. The number of aromatic nitrogens is 4. The fourth-order valence-electron chi connectivity index (χ4n) is 3.45. The maximum Gasteiger partial charge on any atom is 0.252 e. The van der Waals surface area contributed by atoms with E-state index >= 15 is 0 Å². The van der Waals surface area contributed by atoms with E-state index in [9.17, 15) is 4.79 Å². The lowest BCUT2D eigenvalue weighted by Crippen LogP contribution is -2.45. The number of piperazine rings is 1. The first-order valence-electron chi connectivity index (χ1n) is 9.38. The molecule has 142 valence electrons. The third kappa shape index (κ3) is 4.56. The highest BCUT2D eigenvalue weighted by Gasteiger charge is 2.14. The summed E-state index contributed by atoms with van der Waals surface area (Å²) in [6, 6.07) is 0. The van der Waals surface area contributed by atoms with Gasteiger partial charge in [0.25, 0.3) is 5.78 Å². The summed E-state index contributed by atoms with van der Waals surface area (Å²) < 4.78 is 1.73. The molecule has 8 nitrogen and oxygen atoms in total. The van der Waals surface area contributed by atoms with Crippen molar-refractivity contribution in [1.82, 2.24) is 34.7 Å². The number of carbonyl (C=O) groups excluding carboxylic acids is 1. The van der Waals surface area contributed by atoms with Gasteiger partial charge in [-0.25, -0.2) is 9.50 Å². The molecule has 2 aromatic rings. The molecule has 3 heterocycles. The van der Waals surface area contributed by atoms with Crippen LogP contribution in [0, 0.1) is 13.8 Å². The molecule has 1 fully saturated rings. The minimum absolute atomic E-state index is 0.0980. The van der Waals surface area contributed by atoms with Crippen molar-refractivity contribution in [2.24, 2.45) is 0 Å². The Morgan fingerprint density at radius 3 is 2.77 bits per heavy atom. The maximum atomic E-state index is 12.2. The lowest BCUT2D eigenvalue weighted by Gasteiger charge is -2.32. The zero-order valence-electron chi connectivity index (χ0n) is 16.0. The lowest BCUT2D eigenvalue weighted by molar-refractivity contribution is -0.121. The predicted octanol–water partition coefficient (Wildman–Crippen LogP) is 0.427. The van der Waals surface area contributed by atoms with E-state index in [-0.39, 0.29) is 5.91 Å². The van der Waals surface area contributed by atoms with Crippen molar-refractivity contribution in [2.45, 2.75) is 33.1 Å². The largest absolute Gasteiger partial charge is 0.356 e. The van der Waals surface area contributed by atoms with Gasteiger partial charge in [0.2, 0.25) is 5.91 Å². The Kier molecular flexibility index (Phi) is 6.16. The third-order valence-electron chi connectivity index (χ3n) is 5.16. The monoisotopic (exact) mass is 359 g/mol. The molecule has 3 rings (SSSR count). The van der Waals surface area contributed by atoms with Gasteiger partial charge in [-0.1, -0.05) is 0 Å². The van der Waals surface area contributed by atoms with Crippen LogP contribution in [0.2, 0.25) is 0 Å². The van der Waals surface area contributed by atoms with E-state index in [4.69, 9.17) is 0 Å². The molecule has 1 amide bonds. The molecule has 2 aromatic heterocycles. The summed E-state index contributed by atoms with van der Waals surface area (Å²) in [4.78, 5) is 25.6. The summed E-state index contributed by atoms with van der Waals surface area (Å²) in [5.74, 6) is 0.706. The van der Waals surface area contributed by atoms with E-state index < -0.39 is 0 Å². The molecule has 0 unspecified atom stereocenters. The second kappa shape index (κ2) is 8.55. The Balaban J connectivity index is 1.40. The quantitative estimate of drug-likeness (QED) is 0.722. The summed E-state index contributed by atoms with van der Waals surface area (Å²) in [7, 11) is 2.16. The third-order valence-corrected chi connectivity index (χ3v) is 5.16. The van der Waals surface area contributed by atoms with Crippen molar-refractivity contribution in [2.75, 3.05) is 46.3 Å². The Morgan fingerprint density at radius 1 is 1.23 bits per heavy atom. The number of carbonyl (C=O) groups is 1. The topological polar surface area (TPSA) is 78.7 Å². The molecule has 0 radical (unpaired) electrons. The first-order chi connectivity index (χ1) is 12.5. The maximum absolute atomic E-state index is 12.2. The SMILES string of the molecule is Cc1nc2ncnn2c(C)c1CCC(=O)NCCCN1CCN(C)CC1. The second-order valence-corrected chi connectivity index (χ2v) is 7.08. The van der Waals surface area contributed by atoms with E-state index in [1.54, 1.807) is 4.52 Å². The molecule has 26 heavy (non-hydrogen) atoms. The summed E-state index contributed by atoms with van der Waals surface area (Å²) in [6.45, 7) is 10.3. The Hall–Kier alpha value is -2.06. The molecular weight excluding hydrogens is 330 g/mol. The standard InChI is InChI=1S/C18H29N7O/c1-14-16(15(2)25-18(22-14)20-13-21-25)5-6-17(26)19-7-4-8-24-11-9-23(3)10-12-24/h13H,4-12H2,1-3H3,(H,19,26). The van der Waals surface area contributed by atoms with Crippen LogP contribution in [0.3, 0.4) is 0 Å². The van der Waals surface area contributed by atoms with Gasteiger partial charge in [-0.15, -0.1) is 0 Å². The van der Waals surface area contributed by atoms with Crippen molar-refractivity contribution in [3.05, 3.63) is 23.3 Å². The zero-order chi connectivity index (χ0) is 18.5. The first kappa shape index (κ1) is 18.7. The number of hydrogen-bond donors (Lipinski definition) is 1. The Labute approximate surface area is 154 Å². The number of fused-ring (bicyclic) bond motifs is 1. The van der Waals surface area contributed by atoms with Crippen LogP contribution in [0.4, 0.5) is 0 Å². The van der Waals surface area contributed by atoms with Gasteiger partial charge in [-0.2, -0.15) is 10.1 Å². The number of nitrogens with zero attached hydrogens (tertiary/aromatic N) is 6. The van der Waals surface area contributed by atoms with E-state index in [1.165, 1.54) is 6.33 Å². The zero-order valence-corrected chi connectivity index (χ0v) is 16.0. The fourth-order valence-corrected chi connectivity index (χ4v) is 3.45. The van der Waals surface area contributed by atoms with Crippen molar-refractivity contribution < 1.29 is 4.79 Å². The molecular formula is C18H29N7O. The van der Waals surface area contributed by atoms with E-state index in [2.05, 4.69) is 37.2 Å². The number of amides is 1. The van der Waals surface area contributed by atoms with E-state index in [0.717, 1.165) is 62.6 Å². The minimum atomic E-state index is 0.0980. The van der Waals surface area contributed by atoms with Crippen LogP contribution in [-0.2, 0) is 11.2 Å². The highest BCUT2D eigenvalue weighted by Crippen LogP contribution is 2.14.